The van der Waals surface area contributed by atoms with Crippen molar-refractivity contribution in [3.8, 4) is 0 Å². The number of carboxylic acids is 1. The van der Waals surface area contributed by atoms with E-state index in [4.69, 9.17) is 0 Å². The number of pyridine rings is 2. The minimum absolute atomic E-state index is 0.148. The third-order valence-corrected chi connectivity index (χ3v) is 3.02. The first-order chi connectivity index (χ1) is 10.0. The van der Waals surface area contributed by atoms with E-state index in [0.29, 0.717) is 13.1 Å². The van der Waals surface area contributed by atoms with Gasteiger partial charge in [0.05, 0.1) is 17.4 Å². The third-order valence-electron chi connectivity index (χ3n) is 3.02. The molecule has 2 aromatic rings. The Kier molecular flexibility index (Phi) is 5.00. The van der Waals surface area contributed by atoms with E-state index < -0.39 is 5.97 Å². The molecule has 0 aliphatic carbocycles. The Morgan fingerprint density at radius 1 is 1.00 bits per heavy atom. The van der Waals surface area contributed by atoms with Crippen LogP contribution in [0.15, 0.2) is 36.4 Å². The van der Waals surface area contributed by atoms with Crippen LogP contribution in [0.3, 0.4) is 0 Å². The summed E-state index contributed by atoms with van der Waals surface area (Å²) in [7, 11) is 0. The van der Waals surface area contributed by atoms with E-state index in [1.807, 2.05) is 50.2 Å². The molecule has 0 aliphatic heterocycles. The maximum Gasteiger partial charge on any atom is 0.0555 e. The standard InChI is InChI=1S/C16H19N3O2/c1-12-5-3-7-14(17-12)9-19(11-16(20)21)10-15-8-4-6-13(2)18-15/h3-8H,9-11H2,1-2H3,(H,20,21)/p-1. The molecule has 5 heteroatoms. The maximum atomic E-state index is 10.9. The Labute approximate surface area is 124 Å². The summed E-state index contributed by atoms with van der Waals surface area (Å²) >= 11 is 0. The lowest BCUT2D eigenvalue weighted by Gasteiger charge is -2.22. The number of carbonyl (C=O) groups excluding carboxylic acids is 1. The molecule has 110 valence electrons. The van der Waals surface area contributed by atoms with Crippen molar-refractivity contribution >= 4 is 5.97 Å². The van der Waals surface area contributed by atoms with Crippen LogP contribution in [0.25, 0.3) is 0 Å². The second-order valence-corrected chi connectivity index (χ2v) is 5.06. The van der Waals surface area contributed by atoms with Gasteiger partial charge in [-0.2, -0.15) is 0 Å². The Morgan fingerprint density at radius 3 is 1.86 bits per heavy atom. The molecular weight excluding hydrogens is 266 g/mol. The molecule has 0 aliphatic rings. The van der Waals surface area contributed by atoms with E-state index in [2.05, 4.69) is 9.97 Å². The first-order valence-corrected chi connectivity index (χ1v) is 6.80. The van der Waals surface area contributed by atoms with Crippen LogP contribution in [-0.4, -0.2) is 27.4 Å². The van der Waals surface area contributed by atoms with Crippen molar-refractivity contribution in [2.75, 3.05) is 6.54 Å². The number of aromatic nitrogens is 2. The molecular formula is C16H18N3O2-. The largest absolute Gasteiger partial charge is 0.549 e. The molecule has 2 heterocycles. The van der Waals surface area contributed by atoms with Crippen molar-refractivity contribution in [1.29, 1.82) is 0 Å². The van der Waals surface area contributed by atoms with Crippen molar-refractivity contribution in [2.24, 2.45) is 0 Å². The summed E-state index contributed by atoms with van der Waals surface area (Å²) in [5, 5.41) is 10.9. The molecule has 0 saturated carbocycles. The lowest BCUT2D eigenvalue weighted by Crippen LogP contribution is -2.37. The summed E-state index contributed by atoms with van der Waals surface area (Å²) in [6, 6.07) is 11.4. The number of hydrogen-bond donors (Lipinski definition) is 0. The molecule has 0 fully saturated rings. The Hall–Kier alpha value is -2.27. The van der Waals surface area contributed by atoms with Gasteiger partial charge in [0.15, 0.2) is 0 Å². The first-order valence-electron chi connectivity index (χ1n) is 6.80. The van der Waals surface area contributed by atoms with E-state index in [0.717, 1.165) is 22.8 Å². The maximum absolute atomic E-state index is 10.9. The second-order valence-electron chi connectivity index (χ2n) is 5.06. The molecule has 0 aromatic carbocycles. The lowest BCUT2D eigenvalue weighted by molar-refractivity contribution is -0.306. The molecule has 0 radical (unpaired) electrons. The van der Waals surface area contributed by atoms with Crippen LogP contribution in [0, 0.1) is 13.8 Å². The molecule has 2 aromatic heterocycles. The summed E-state index contributed by atoms with van der Waals surface area (Å²) in [6.45, 7) is 4.57. The summed E-state index contributed by atoms with van der Waals surface area (Å²) in [5.41, 5.74) is 3.50. The molecule has 0 unspecified atom stereocenters. The average molecular weight is 284 g/mol. The van der Waals surface area contributed by atoms with E-state index in [1.54, 1.807) is 4.90 Å². The lowest BCUT2D eigenvalue weighted by atomic mass is 10.2. The highest BCUT2D eigenvalue weighted by molar-refractivity contribution is 5.66. The summed E-state index contributed by atoms with van der Waals surface area (Å²) < 4.78 is 0. The first kappa shape index (κ1) is 15.1. The zero-order valence-corrected chi connectivity index (χ0v) is 12.2. The third kappa shape index (κ3) is 4.96. The molecule has 2 rings (SSSR count). The van der Waals surface area contributed by atoms with Gasteiger partial charge in [-0.05, 0) is 38.1 Å². The second kappa shape index (κ2) is 6.95. The van der Waals surface area contributed by atoms with Crippen molar-refractivity contribution in [2.45, 2.75) is 26.9 Å². The predicted molar refractivity (Wildman–Crippen MR) is 77.1 cm³/mol. The van der Waals surface area contributed by atoms with Crippen LogP contribution in [0.4, 0.5) is 0 Å². The van der Waals surface area contributed by atoms with Gasteiger partial charge < -0.3 is 9.90 Å². The van der Waals surface area contributed by atoms with Gasteiger partial charge in [0, 0.05) is 31.0 Å². The molecule has 5 nitrogen and oxygen atoms in total. The highest BCUT2D eigenvalue weighted by Crippen LogP contribution is 2.08. The molecule has 0 atom stereocenters. The van der Waals surface area contributed by atoms with Crippen LogP contribution < -0.4 is 5.11 Å². The van der Waals surface area contributed by atoms with Gasteiger partial charge in [-0.1, -0.05) is 12.1 Å². The van der Waals surface area contributed by atoms with Gasteiger partial charge in [-0.25, -0.2) is 0 Å². The quantitative estimate of drug-likeness (QED) is 0.786. The highest BCUT2D eigenvalue weighted by atomic mass is 16.4. The SMILES string of the molecule is Cc1cccc(CN(CC(=O)[O-])Cc2cccc(C)n2)n1. The van der Waals surface area contributed by atoms with Crippen LogP contribution >= 0.6 is 0 Å². The summed E-state index contributed by atoms with van der Waals surface area (Å²) in [4.78, 5) is 21.5. The van der Waals surface area contributed by atoms with Crippen LogP contribution in [0.1, 0.15) is 22.8 Å². The van der Waals surface area contributed by atoms with Gasteiger partial charge in [-0.15, -0.1) is 0 Å². The zero-order valence-electron chi connectivity index (χ0n) is 12.2. The van der Waals surface area contributed by atoms with Crippen molar-refractivity contribution in [3.63, 3.8) is 0 Å². The number of nitrogens with zero attached hydrogens (tertiary/aromatic N) is 3. The van der Waals surface area contributed by atoms with Crippen LogP contribution in [0.5, 0.6) is 0 Å². The number of aryl methyl sites for hydroxylation is 2. The van der Waals surface area contributed by atoms with Gasteiger partial charge in [0.25, 0.3) is 0 Å². The van der Waals surface area contributed by atoms with E-state index >= 15 is 0 Å². The minimum atomic E-state index is -1.10. The van der Waals surface area contributed by atoms with Crippen molar-refractivity contribution < 1.29 is 9.90 Å². The Bertz CT molecular complexity index is 581. The molecule has 0 bridgehead atoms. The average Bonchev–Trinajstić information content (AvgIpc) is 2.37. The van der Waals surface area contributed by atoms with Crippen molar-refractivity contribution in [3.05, 3.63) is 59.2 Å². The topological polar surface area (TPSA) is 69.2 Å². The van der Waals surface area contributed by atoms with Crippen molar-refractivity contribution in [1.82, 2.24) is 14.9 Å². The molecule has 21 heavy (non-hydrogen) atoms. The fraction of sp³-hybridized carbons (Fsp3) is 0.312. The van der Waals surface area contributed by atoms with Gasteiger partial charge in [0.2, 0.25) is 0 Å². The van der Waals surface area contributed by atoms with Crippen LogP contribution in [-0.2, 0) is 17.9 Å². The summed E-state index contributed by atoms with van der Waals surface area (Å²) in [6.07, 6.45) is 0. The number of carbonyl (C=O) groups is 1. The number of rotatable bonds is 6. The normalized spacial score (nSPS) is 10.8. The van der Waals surface area contributed by atoms with E-state index in [1.165, 1.54) is 0 Å². The molecule has 0 spiro atoms. The smallest absolute Gasteiger partial charge is 0.0555 e. The zero-order chi connectivity index (χ0) is 15.2. The van der Waals surface area contributed by atoms with Gasteiger partial charge in [0.1, 0.15) is 0 Å². The predicted octanol–water partition coefficient (Wildman–Crippen LogP) is 0.846. The van der Waals surface area contributed by atoms with E-state index in [-0.39, 0.29) is 6.54 Å². The van der Waals surface area contributed by atoms with Crippen LogP contribution in [0.2, 0.25) is 0 Å². The number of aliphatic carboxylic acids is 1. The monoisotopic (exact) mass is 284 g/mol. The van der Waals surface area contributed by atoms with Gasteiger partial charge in [-0.3, -0.25) is 14.9 Å². The summed E-state index contributed by atoms with van der Waals surface area (Å²) in [5.74, 6) is -1.10. The Balaban J connectivity index is 2.12. The fourth-order valence-electron chi connectivity index (χ4n) is 2.18. The Morgan fingerprint density at radius 2 is 1.48 bits per heavy atom. The molecule has 0 saturated heterocycles. The minimum Gasteiger partial charge on any atom is -0.549 e. The fourth-order valence-corrected chi connectivity index (χ4v) is 2.18. The number of carboxylic acid groups (broad SMARTS) is 1. The van der Waals surface area contributed by atoms with Gasteiger partial charge >= 0.3 is 0 Å². The van der Waals surface area contributed by atoms with E-state index in [9.17, 15) is 9.90 Å². The molecule has 0 N–H and O–H groups in total. The molecule has 0 amide bonds. The number of hydrogen-bond acceptors (Lipinski definition) is 5. The highest BCUT2D eigenvalue weighted by Gasteiger charge is 2.09.